The second kappa shape index (κ2) is 7.81. The largest absolute Gasteiger partial charge is 0.379 e. The highest BCUT2D eigenvalue weighted by atomic mass is 35.5. The predicted molar refractivity (Wildman–Crippen MR) is 88.3 cm³/mol. The highest BCUT2D eigenvalue weighted by molar-refractivity contribution is 6.30. The number of urea groups is 1. The minimum atomic E-state index is -0.451. The van der Waals surface area contributed by atoms with Gasteiger partial charge in [-0.2, -0.15) is 0 Å². The Hall–Kier alpha value is -1.30. The molecule has 1 fully saturated rings. The topological polar surface area (TPSA) is 53.6 Å². The van der Waals surface area contributed by atoms with Crippen LogP contribution in [0.1, 0.15) is 19.4 Å². The van der Waals surface area contributed by atoms with Gasteiger partial charge in [0.05, 0.1) is 18.8 Å². The molecule has 1 aromatic rings. The van der Waals surface area contributed by atoms with Crippen LogP contribution in [0.4, 0.5) is 4.79 Å². The minimum absolute atomic E-state index is 0.159. The smallest absolute Gasteiger partial charge is 0.315 e. The summed E-state index contributed by atoms with van der Waals surface area (Å²) in [6.45, 7) is 8.82. The second-order valence-electron chi connectivity index (χ2n) is 5.97. The van der Waals surface area contributed by atoms with Gasteiger partial charge in [-0.25, -0.2) is 4.79 Å². The molecule has 0 aliphatic carbocycles. The molecule has 0 bridgehead atoms. The van der Waals surface area contributed by atoms with E-state index in [-0.39, 0.29) is 6.03 Å². The number of ether oxygens (including phenoxy) is 1. The maximum absolute atomic E-state index is 12.0. The van der Waals surface area contributed by atoms with Gasteiger partial charge in [-0.3, -0.25) is 4.90 Å². The first-order valence-electron chi connectivity index (χ1n) is 7.59. The Balaban J connectivity index is 1.76. The van der Waals surface area contributed by atoms with Gasteiger partial charge in [-0.15, -0.1) is 0 Å². The van der Waals surface area contributed by atoms with Gasteiger partial charge in [-0.1, -0.05) is 23.7 Å². The third-order valence-corrected chi connectivity index (χ3v) is 4.06. The highest BCUT2D eigenvalue weighted by Gasteiger charge is 2.22. The summed E-state index contributed by atoms with van der Waals surface area (Å²) in [4.78, 5) is 14.3. The Morgan fingerprint density at radius 3 is 2.55 bits per heavy atom. The summed E-state index contributed by atoms with van der Waals surface area (Å²) < 4.78 is 5.30. The molecule has 0 radical (unpaired) electrons. The van der Waals surface area contributed by atoms with Crippen LogP contribution in [0, 0.1) is 0 Å². The van der Waals surface area contributed by atoms with Crippen LogP contribution in [0.25, 0.3) is 0 Å². The molecule has 5 nitrogen and oxygen atoms in total. The lowest BCUT2D eigenvalue weighted by Gasteiger charge is -2.28. The van der Waals surface area contributed by atoms with E-state index in [1.54, 1.807) is 0 Å². The number of hydrogen-bond acceptors (Lipinski definition) is 3. The number of halogens is 1. The van der Waals surface area contributed by atoms with Gasteiger partial charge in [0.1, 0.15) is 0 Å². The number of benzene rings is 1. The molecular formula is C16H24ClN3O2. The second-order valence-corrected chi connectivity index (χ2v) is 6.40. The Morgan fingerprint density at radius 2 is 1.91 bits per heavy atom. The zero-order chi connectivity index (χ0) is 16.0. The quantitative estimate of drug-likeness (QED) is 0.872. The third kappa shape index (κ3) is 5.16. The Labute approximate surface area is 137 Å². The summed E-state index contributed by atoms with van der Waals surface area (Å²) in [6.07, 6.45) is 0. The molecule has 6 heteroatoms. The van der Waals surface area contributed by atoms with Crippen molar-refractivity contribution < 1.29 is 9.53 Å². The Morgan fingerprint density at radius 1 is 1.27 bits per heavy atom. The van der Waals surface area contributed by atoms with Gasteiger partial charge in [0.15, 0.2) is 0 Å². The number of amides is 2. The van der Waals surface area contributed by atoms with Crippen LogP contribution >= 0.6 is 11.6 Å². The van der Waals surface area contributed by atoms with Crippen LogP contribution in [0.15, 0.2) is 24.3 Å². The van der Waals surface area contributed by atoms with E-state index < -0.39 is 5.54 Å². The van der Waals surface area contributed by atoms with E-state index in [1.165, 1.54) is 0 Å². The van der Waals surface area contributed by atoms with Crippen LogP contribution in [0.5, 0.6) is 0 Å². The van der Waals surface area contributed by atoms with Crippen LogP contribution in [0.2, 0.25) is 5.02 Å². The fourth-order valence-corrected chi connectivity index (χ4v) is 2.55. The first-order chi connectivity index (χ1) is 10.5. The molecule has 0 unspecified atom stereocenters. The summed E-state index contributed by atoms with van der Waals surface area (Å²) in [6, 6.07) is 7.35. The minimum Gasteiger partial charge on any atom is -0.379 e. The molecule has 122 valence electrons. The average Bonchev–Trinajstić information content (AvgIpc) is 2.48. The van der Waals surface area contributed by atoms with Crippen LogP contribution in [0.3, 0.4) is 0 Å². The summed E-state index contributed by atoms with van der Waals surface area (Å²) in [5.41, 5.74) is 0.563. The van der Waals surface area contributed by atoms with Crippen molar-refractivity contribution in [3.05, 3.63) is 34.9 Å². The normalized spacial score (nSPS) is 16.3. The maximum atomic E-state index is 12.0. The van der Waals surface area contributed by atoms with Crippen LogP contribution < -0.4 is 10.6 Å². The third-order valence-electron chi connectivity index (χ3n) is 3.81. The molecular weight excluding hydrogens is 302 g/mol. The van der Waals surface area contributed by atoms with Crippen molar-refractivity contribution in [2.24, 2.45) is 0 Å². The first-order valence-corrected chi connectivity index (χ1v) is 7.97. The van der Waals surface area contributed by atoms with Crippen molar-refractivity contribution >= 4 is 17.6 Å². The Bertz CT molecular complexity index is 485. The van der Waals surface area contributed by atoms with Gasteiger partial charge in [0.2, 0.25) is 0 Å². The van der Waals surface area contributed by atoms with Crippen molar-refractivity contribution in [1.29, 1.82) is 0 Å². The zero-order valence-corrected chi connectivity index (χ0v) is 13.9. The molecule has 1 aliphatic heterocycles. The van der Waals surface area contributed by atoms with Gasteiger partial charge in [-0.05, 0) is 31.5 Å². The average molecular weight is 326 g/mol. The Kier molecular flexibility index (Phi) is 6.06. The molecule has 0 atom stereocenters. The number of nitrogens with zero attached hydrogens (tertiary/aromatic N) is 1. The van der Waals surface area contributed by atoms with Crippen molar-refractivity contribution in [2.45, 2.75) is 19.4 Å². The monoisotopic (exact) mass is 325 g/mol. The van der Waals surface area contributed by atoms with Crippen molar-refractivity contribution in [2.75, 3.05) is 39.4 Å². The fraction of sp³-hybridized carbons (Fsp3) is 0.562. The number of carbonyl (C=O) groups excluding carboxylic acids is 1. The molecule has 2 amide bonds. The van der Waals surface area contributed by atoms with E-state index in [0.29, 0.717) is 11.6 Å². The number of carbonyl (C=O) groups is 1. The maximum Gasteiger partial charge on any atom is 0.315 e. The molecule has 1 aliphatic rings. The lowest BCUT2D eigenvalue weighted by molar-refractivity contribution is 0.0387. The summed E-state index contributed by atoms with van der Waals surface area (Å²) in [5.74, 6) is 0. The van der Waals surface area contributed by atoms with E-state index in [1.807, 2.05) is 38.1 Å². The lowest BCUT2D eigenvalue weighted by Crippen LogP contribution is -2.48. The van der Waals surface area contributed by atoms with Gasteiger partial charge >= 0.3 is 6.03 Å². The first kappa shape index (κ1) is 17.1. The van der Waals surface area contributed by atoms with Crippen LogP contribution in [-0.4, -0.2) is 50.3 Å². The number of hydrogen-bond donors (Lipinski definition) is 2. The molecule has 1 heterocycles. The molecule has 0 spiro atoms. The molecule has 1 aromatic carbocycles. The van der Waals surface area contributed by atoms with E-state index >= 15 is 0 Å². The van der Waals surface area contributed by atoms with Crippen LogP contribution in [-0.2, 0) is 10.3 Å². The predicted octanol–water partition coefficient (Wildman–Crippen LogP) is 2.21. The van der Waals surface area contributed by atoms with E-state index in [4.69, 9.17) is 16.3 Å². The fourth-order valence-electron chi connectivity index (χ4n) is 2.42. The lowest BCUT2D eigenvalue weighted by atomic mass is 9.94. The van der Waals surface area contributed by atoms with E-state index in [0.717, 1.165) is 38.4 Å². The van der Waals surface area contributed by atoms with Crippen molar-refractivity contribution in [3.63, 3.8) is 0 Å². The molecule has 22 heavy (non-hydrogen) atoms. The van der Waals surface area contributed by atoms with Crippen molar-refractivity contribution in [1.82, 2.24) is 15.5 Å². The number of nitrogens with one attached hydrogen (secondary N) is 2. The summed E-state index contributed by atoms with van der Waals surface area (Å²) in [7, 11) is 0. The molecule has 2 N–H and O–H groups in total. The van der Waals surface area contributed by atoms with Gasteiger partial charge in [0.25, 0.3) is 0 Å². The van der Waals surface area contributed by atoms with Gasteiger partial charge < -0.3 is 15.4 Å². The van der Waals surface area contributed by atoms with E-state index in [9.17, 15) is 4.79 Å². The van der Waals surface area contributed by atoms with Gasteiger partial charge in [0, 0.05) is 31.2 Å². The van der Waals surface area contributed by atoms with E-state index in [2.05, 4.69) is 15.5 Å². The molecule has 0 aromatic heterocycles. The number of morpholine rings is 1. The summed E-state index contributed by atoms with van der Waals surface area (Å²) in [5, 5.41) is 6.59. The van der Waals surface area contributed by atoms with Crippen molar-refractivity contribution in [3.8, 4) is 0 Å². The SMILES string of the molecule is CC(C)(NC(=O)NCCN1CCOCC1)c1ccc(Cl)cc1. The standard InChI is InChI=1S/C16H24ClN3O2/c1-16(2,13-3-5-14(17)6-4-13)19-15(21)18-7-8-20-9-11-22-12-10-20/h3-6H,7-12H2,1-2H3,(H2,18,19,21). The summed E-state index contributed by atoms with van der Waals surface area (Å²) >= 11 is 5.90. The molecule has 2 rings (SSSR count). The molecule has 1 saturated heterocycles. The zero-order valence-electron chi connectivity index (χ0n) is 13.2. The highest BCUT2D eigenvalue weighted by Crippen LogP contribution is 2.21. The molecule has 0 saturated carbocycles. The number of rotatable bonds is 5.